The second-order valence-electron chi connectivity index (χ2n) is 4.68. The van der Waals surface area contributed by atoms with Crippen molar-refractivity contribution in [2.75, 3.05) is 5.73 Å². The van der Waals surface area contributed by atoms with Crippen LogP contribution in [-0.2, 0) is 12.8 Å². The van der Waals surface area contributed by atoms with E-state index in [9.17, 15) is 14.4 Å². The molecule has 1 heterocycles. The topological polar surface area (TPSA) is 135 Å². The molecule has 1 aromatic carbocycles. The number of fused-ring (bicyclic) bond motifs is 1. The summed E-state index contributed by atoms with van der Waals surface area (Å²) < 4.78 is 0. The minimum absolute atomic E-state index is 0.372. The van der Waals surface area contributed by atoms with Crippen LogP contribution in [0.4, 0.5) is 5.69 Å². The SMILES string of the molecule is C#C.NC(=O)c1[nH]c(=O)[nH]c(=O)c1N.c1ccc2c(c1)CCC2. The Labute approximate surface area is 132 Å². The first-order valence-electron chi connectivity index (χ1n) is 6.81. The van der Waals surface area contributed by atoms with Gasteiger partial charge in [-0.15, -0.1) is 12.8 Å². The maximum absolute atomic E-state index is 10.8. The molecule has 1 aliphatic rings. The third kappa shape index (κ3) is 4.61. The molecule has 2 aromatic rings. The molecule has 0 bridgehead atoms. The van der Waals surface area contributed by atoms with Crippen LogP contribution in [0.3, 0.4) is 0 Å². The first-order valence-corrected chi connectivity index (χ1v) is 6.81. The number of hydrogen-bond acceptors (Lipinski definition) is 4. The van der Waals surface area contributed by atoms with E-state index in [0.29, 0.717) is 0 Å². The van der Waals surface area contributed by atoms with Crippen LogP contribution in [-0.4, -0.2) is 15.9 Å². The molecule has 3 rings (SSSR count). The van der Waals surface area contributed by atoms with Crippen molar-refractivity contribution >= 4 is 11.6 Å². The minimum atomic E-state index is -0.948. The number of aromatic amines is 2. The standard InChI is InChI=1S/C9H10.C5H6N4O3.C2H2/c1-2-5-9-7-3-6-8(9)4-1;6-1-2(3(7)10)8-5(12)9-4(1)11;1-2/h1-2,4-5H,3,6-7H2;6H2,(H2,7,10)(H2,8,9,11,12);1-2H. The Morgan fingerprint density at radius 3 is 2.04 bits per heavy atom. The number of hydrogen-bond donors (Lipinski definition) is 4. The number of carbonyl (C=O) groups is 1. The number of nitrogens with one attached hydrogen (secondary N) is 2. The van der Waals surface area contributed by atoms with Crippen LogP contribution in [0.2, 0.25) is 0 Å². The van der Waals surface area contributed by atoms with Crippen molar-refractivity contribution in [2.45, 2.75) is 19.3 Å². The van der Waals surface area contributed by atoms with Gasteiger partial charge in [0, 0.05) is 0 Å². The fourth-order valence-corrected chi connectivity index (χ4v) is 2.20. The second-order valence-corrected chi connectivity index (χ2v) is 4.68. The first kappa shape index (κ1) is 17.8. The molecular formula is C16H18N4O3. The smallest absolute Gasteiger partial charge is 0.326 e. The second kappa shape index (κ2) is 8.24. The molecule has 7 nitrogen and oxygen atoms in total. The number of rotatable bonds is 1. The summed E-state index contributed by atoms with van der Waals surface area (Å²) in [6, 6.07) is 8.74. The lowest BCUT2D eigenvalue weighted by Crippen LogP contribution is -2.30. The van der Waals surface area contributed by atoms with Crippen LogP contribution in [0.5, 0.6) is 0 Å². The van der Waals surface area contributed by atoms with Gasteiger partial charge in [0.2, 0.25) is 0 Å². The van der Waals surface area contributed by atoms with E-state index in [1.165, 1.54) is 19.3 Å². The van der Waals surface area contributed by atoms with Crippen molar-refractivity contribution in [3.63, 3.8) is 0 Å². The molecule has 0 spiro atoms. The van der Waals surface area contributed by atoms with Gasteiger partial charge in [-0.1, -0.05) is 24.3 Å². The van der Waals surface area contributed by atoms with Crippen molar-refractivity contribution < 1.29 is 4.79 Å². The molecule has 0 fully saturated rings. The van der Waals surface area contributed by atoms with Gasteiger partial charge in [-0.3, -0.25) is 14.6 Å². The predicted octanol–water partition coefficient (Wildman–Crippen LogP) is 0.169. The van der Waals surface area contributed by atoms with Crippen molar-refractivity contribution in [3.8, 4) is 12.8 Å². The van der Waals surface area contributed by atoms with Crippen LogP contribution in [0.15, 0.2) is 33.9 Å². The van der Waals surface area contributed by atoms with E-state index in [0.717, 1.165) is 0 Å². The largest absolute Gasteiger partial charge is 0.392 e. The highest BCUT2D eigenvalue weighted by Crippen LogP contribution is 2.20. The lowest BCUT2D eigenvalue weighted by atomic mass is 10.1. The average Bonchev–Trinajstić information content (AvgIpc) is 3.02. The Morgan fingerprint density at radius 2 is 1.57 bits per heavy atom. The third-order valence-electron chi connectivity index (χ3n) is 3.24. The third-order valence-corrected chi connectivity index (χ3v) is 3.24. The summed E-state index contributed by atoms with van der Waals surface area (Å²) in [6.45, 7) is 0. The van der Waals surface area contributed by atoms with Gasteiger partial charge < -0.3 is 16.5 Å². The van der Waals surface area contributed by atoms with E-state index in [2.05, 4.69) is 37.1 Å². The number of aryl methyl sites for hydroxylation is 2. The molecule has 0 saturated carbocycles. The van der Waals surface area contributed by atoms with Crippen molar-refractivity contribution in [2.24, 2.45) is 5.73 Å². The number of amides is 1. The molecule has 0 aliphatic heterocycles. The predicted molar refractivity (Wildman–Crippen MR) is 89.0 cm³/mol. The lowest BCUT2D eigenvalue weighted by Gasteiger charge is -1.97. The molecule has 120 valence electrons. The Kier molecular flexibility index (Phi) is 6.37. The van der Waals surface area contributed by atoms with Crippen molar-refractivity contribution in [3.05, 3.63) is 61.9 Å². The van der Waals surface area contributed by atoms with E-state index >= 15 is 0 Å². The Hall–Kier alpha value is -3.27. The quantitative estimate of drug-likeness (QED) is 0.558. The summed E-state index contributed by atoms with van der Waals surface area (Å²) in [7, 11) is 0. The molecule has 7 heteroatoms. The van der Waals surface area contributed by atoms with Gasteiger partial charge in [0.15, 0.2) is 0 Å². The molecule has 0 unspecified atom stereocenters. The number of aromatic nitrogens is 2. The molecule has 23 heavy (non-hydrogen) atoms. The average molecular weight is 314 g/mol. The highest BCUT2D eigenvalue weighted by molar-refractivity contribution is 5.95. The fourth-order valence-electron chi connectivity index (χ4n) is 2.20. The van der Waals surface area contributed by atoms with E-state index < -0.39 is 17.2 Å². The van der Waals surface area contributed by atoms with Crippen LogP contribution < -0.4 is 22.7 Å². The summed E-state index contributed by atoms with van der Waals surface area (Å²) in [4.78, 5) is 35.7. The van der Waals surface area contributed by atoms with Gasteiger partial charge in [0.05, 0.1) is 0 Å². The summed E-state index contributed by atoms with van der Waals surface area (Å²) in [5.41, 5.74) is 10.7. The van der Waals surface area contributed by atoms with Crippen LogP contribution >= 0.6 is 0 Å². The maximum atomic E-state index is 10.8. The van der Waals surface area contributed by atoms with Gasteiger partial charge in [0.1, 0.15) is 11.4 Å². The van der Waals surface area contributed by atoms with E-state index in [1.54, 1.807) is 11.1 Å². The molecule has 0 saturated heterocycles. The van der Waals surface area contributed by atoms with Crippen LogP contribution in [0, 0.1) is 12.8 Å². The van der Waals surface area contributed by atoms with Crippen molar-refractivity contribution in [1.29, 1.82) is 0 Å². The summed E-state index contributed by atoms with van der Waals surface area (Å²) in [6.07, 6.45) is 12.0. The minimum Gasteiger partial charge on any atom is -0.392 e. The zero-order valence-corrected chi connectivity index (χ0v) is 12.5. The summed E-state index contributed by atoms with van der Waals surface area (Å²) in [5.74, 6) is -0.948. The molecular weight excluding hydrogens is 296 g/mol. The summed E-state index contributed by atoms with van der Waals surface area (Å²) in [5, 5.41) is 0. The number of carbonyl (C=O) groups excluding carboxylic acids is 1. The van der Waals surface area contributed by atoms with Gasteiger partial charge in [-0.2, -0.15) is 0 Å². The lowest BCUT2D eigenvalue weighted by molar-refractivity contribution is 0.0996. The van der Waals surface area contributed by atoms with Crippen LogP contribution in [0.1, 0.15) is 28.0 Å². The van der Waals surface area contributed by atoms with E-state index in [-0.39, 0.29) is 11.4 Å². The van der Waals surface area contributed by atoms with E-state index in [4.69, 9.17) is 11.5 Å². The first-order chi connectivity index (χ1) is 11.0. The van der Waals surface area contributed by atoms with Crippen molar-refractivity contribution in [1.82, 2.24) is 9.97 Å². The van der Waals surface area contributed by atoms with E-state index in [1.807, 2.05) is 9.97 Å². The number of primary amides is 1. The number of H-pyrrole nitrogens is 2. The zero-order chi connectivity index (χ0) is 17.4. The van der Waals surface area contributed by atoms with Gasteiger partial charge in [-0.05, 0) is 30.4 Å². The van der Waals surface area contributed by atoms with Crippen LogP contribution in [0.25, 0.3) is 0 Å². The Bertz CT molecular complexity index is 795. The molecule has 1 aromatic heterocycles. The number of benzene rings is 1. The Balaban J connectivity index is 0.000000213. The number of nitrogen functional groups attached to an aromatic ring is 1. The van der Waals surface area contributed by atoms with Gasteiger partial charge in [0.25, 0.3) is 11.5 Å². The molecule has 1 amide bonds. The molecule has 0 atom stereocenters. The number of nitrogens with two attached hydrogens (primary N) is 2. The molecule has 1 aliphatic carbocycles. The molecule has 6 N–H and O–H groups in total. The molecule has 0 radical (unpaired) electrons. The highest BCUT2D eigenvalue weighted by Gasteiger charge is 2.09. The monoisotopic (exact) mass is 314 g/mol. The Morgan fingerprint density at radius 1 is 1.04 bits per heavy atom. The number of anilines is 1. The normalized spacial score (nSPS) is 11.2. The summed E-state index contributed by atoms with van der Waals surface area (Å²) >= 11 is 0. The zero-order valence-electron chi connectivity index (χ0n) is 12.5. The number of terminal acetylenes is 1. The maximum Gasteiger partial charge on any atom is 0.326 e. The van der Waals surface area contributed by atoms with Gasteiger partial charge in [-0.25, -0.2) is 4.79 Å². The van der Waals surface area contributed by atoms with Gasteiger partial charge >= 0.3 is 5.69 Å². The highest BCUT2D eigenvalue weighted by atomic mass is 16.2. The fraction of sp³-hybridized carbons (Fsp3) is 0.188.